The van der Waals surface area contributed by atoms with Crippen LogP contribution in [0.25, 0.3) is 0 Å². The minimum Gasteiger partial charge on any atom is -0.465 e. The van der Waals surface area contributed by atoms with Gasteiger partial charge in [-0.15, -0.1) is 0 Å². The summed E-state index contributed by atoms with van der Waals surface area (Å²) in [5, 5.41) is 10.8. The molecule has 0 saturated heterocycles. The quantitative estimate of drug-likeness (QED) is 0.788. The summed E-state index contributed by atoms with van der Waals surface area (Å²) in [6.45, 7) is 10.7. The van der Waals surface area contributed by atoms with Gasteiger partial charge in [0, 0.05) is 12.8 Å². The molecule has 1 N–H and O–H groups in total. The van der Waals surface area contributed by atoms with Gasteiger partial charge in [0.2, 0.25) is 0 Å². The molecule has 1 unspecified atom stereocenters. The maximum absolute atomic E-state index is 11.2. The van der Waals surface area contributed by atoms with E-state index in [4.69, 9.17) is 4.74 Å². The molecule has 0 radical (unpaired) electrons. The van der Waals surface area contributed by atoms with E-state index < -0.39 is 5.60 Å². The highest BCUT2D eigenvalue weighted by Crippen LogP contribution is 2.61. The number of fused-ring (bicyclic) bond motifs is 1. The average Bonchev–Trinajstić information content (AvgIpc) is 2.25. The van der Waals surface area contributed by atoms with Crippen molar-refractivity contribution in [1.82, 2.24) is 0 Å². The van der Waals surface area contributed by atoms with Gasteiger partial charge in [0.1, 0.15) is 0 Å². The van der Waals surface area contributed by atoms with Crippen molar-refractivity contribution < 1.29 is 14.6 Å². The van der Waals surface area contributed by atoms with Crippen molar-refractivity contribution in [2.24, 2.45) is 22.7 Å². The van der Waals surface area contributed by atoms with Crippen molar-refractivity contribution in [3.8, 4) is 0 Å². The predicted molar refractivity (Wildman–Crippen MR) is 79.2 cm³/mol. The third-order valence-corrected chi connectivity index (χ3v) is 6.22. The standard InChI is InChI=1S/C17H30O3/c1-12(18)20-11-14-16(4)9-6-8-15(2,3)13(16)7-10-17(14,5)19/h13-14,19H,6-11H2,1-5H3/t13-,14+,16?,17+/m0/s1. The van der Waals surface area contributed by atoms with Crippen LogP contribution in [0, 0.1) is 22.7 Å². The van der Waals surface area contributed by atoms with Crippen LogP contribution in [0.4, 0.5) is 0 Å². The molecule has 0 aromatic carbocycles. The first-order valence-electron chi connectivity index (χ1n) is 7.95. The average molecular weight is 282 g/mol. The van der Waals surface area contributed by atoms with Gasteiger partial charge in [0.15, 0.2) is 0 Å². The molecule has 0 aliphatic heterocycles. The summed E-state index contributed by atoms with van der Waals surface area (Å²) in [5.41, 5.74) is -0.342. The van der Waals surface area contributed by atoms with E-state index in [1.807, 2.05) is 6.92 Å². The zero-order chi connectivity index (χ0) is 15.2. The Labute approximate surface area is 123 Å². The van der Waals surface area contributed by atoms with Crippen molar-refractivity contribution in [3.63, 3.8) is 0 Å². The van der Waals surface area contributed by atoms with Gasteiger partial charge in [-0.25, -0.2) is 0 Å². The predicted octanol–water partition coefficient (Wildman–Crippen LogP) is 3.54. The fraction of sp³-hybridized carbons (Fsp3) is 0.941. The summed E-state index contributed by atoms with van der Waals surface area (Å²) in [6.07, 6.45) is 5.47. The van der Waals surface area contributed by atoms with Crippen molar-refractivity contribution in [1.29, 1.82) is 0 Å². The molecule has 3 heteroatoms. The lowest BCUT2D eigenvalue weighted by molar-refractivity contribution is -0.188. The van der Waals surface area contributed by atoms with Crippen molar-refractivity contribution in [2.45, 2.75) is 72.3 Å². The van der Waals surface area contributed by atoms with Crippen LogP contribution in [0.3, 0.4) is 0 Å². The Kier molecular flexibility index (Phi) is 3.96. The van der Waals surface area contributed by atoms with Gasteiger partial charge in [-0.2, -0.15) is 0 Å². The van der Waals surface area contributed by atoms with Crippen LogP contribution in [-0.4, -0.2) is 23.3 Å². The number of aliphatic hydroxyl groups is 1. The van der Waals surface area contributed by atoms with E-state index in [1.165, 1.54) is 19.8 Å². The molecule has 0 aromatic rings. The normalized spacial score (nSPS) is 43.7. The van der Waals surface area contributed by atoms with E-state index in [-0.39, 0.29) is 17.3 Å². The molecule has 116 valence electrons. The molecule has 0 heterocycles. The summed E-state index contributed by atoms with van der Waals surface area (Å²) < 4.78 is 5.30. The maximum Gasteiger partial charge on any atom is 0.302 e. The molecular weight excluding hydrogens is 252 g/mol. The number of hydrogen-bond acceptors (Lipinski definition) is 3. The number of hydrogen-bond donors (Lipinski definition) is 1. The second-order valence-electron chi connectivity index (χ2n) is 8.15. The smallest absolute Gasteiger partial charge is 0.302 e. The molecule has 2 rings (SSSR count). The molecule has 2 aliphatic rings. The van der Waals surface area contributed by atoms with Gasteiger partial charge in [-0.3, -0.25) is 4.79 Å². The first-order chi connectivity index (χ1) is 9.09. The van der Waals surface area contributed by atoms with Crippen molar-refractivity contribution in [3.05, 3.63) is 0 Å². The summed E-state index contributed by atoms with van der Waals surface area (Å²) in [5.74, 6) is 0.392. The van der Waals surface area contributed by atoms with E-state index in [1.54, 1.807) is 0 Å². The molecule has 2 aliphatic carbocycles. The first-order valence-corrected chi connectivity index (χ1v) is 7.95. The van der Waals surface area contributed by atoms with Gasteiger partial charge < -0.3 is 9.84 Å². The van der Waals surface area contributed by atoms with E-state index in [0.29, 0.717) is 17.9 Å². The van der Waals surface area contributed by atoms with E-state index in [9.17, 15) is 9.90 Å². The number of carbonyl (C=O) groups excluding carboxylic acids is 1. The zero-order valence-corrected chi connectivity index (χ0v) is 13.7. The van der Waals surface area contributed by atoms with Crippen LogP contribution in [0.15, 0.2) is 0 Å². The molecule has 0 aromatic heterocycles. The van der Waals surface area contributed by atoms with Crippen LogP contribution in [-0.2, 0) is 9.53 Å². The molecule has 0 spiro atoms. The molecule has 3 nitrogen and oxygen atoms in total. The van der Waals surface area contributed by atoms with Gasteiger partial charge in [-0.05, 0) is 49.4 Å². The number of carbonyl (C=O) groups is 1. The fourth-order valence-electron chi connectivity index (χ4n) is 5.20. The third-order valence-electron chi connectivity index (χ3n) is 6.22. The Hall–Kier alpha value is -0.570. The molecule has 2 fully saturated rings. The Morgan fingerprint density at radius 3 is 2.45 bits per heavy atom. The lowest BCUT2D eigenvalue weighted by Gasteiger charge is -2.60. The Balaban J connectivity index is 2.30. The van der Waals surface area contributed by atoms with Gasteiger partial charge in [0.05, 0.1) is 12.2 Å². The van der Waals surface area contributed by atoms with Crippen LogP contribution >= 0.6 is 0 Å². The van der Waals surface area contributed by atoms with E-state index in [0.717, 1.165) is 19.3 Å². The number of ether oxygens (including phenoxy) is 1. The molecule has 2 saturated carbocycles. The van der Waals surface area contributed by atoms with Gasteiger partial charge in [0.25, 0.3) is 0 Å². The van der Waals surface area contributed by atoms with E-state index in [2.05, 4.69) is 20.8 Å². The van der Waals surface area contributed by atoms with Crippen molar-refractivity contribution in [2.75, 3.05) is 6.61 Å². The second-order valence-corrected chi connectivity index (χ2v) is 8.15. The highest BCUT2D eigenvalue weighted by molar-refractivity contribution is 5.65. The summed E-state index contributed by atoms with van der Waals surface area (Å²) in [4.78, 5) is 11.2. The summed E-state index contributed by atoms with van der Waals surface area (Å²) in [6, 6.07) is 0. The largest absolute Gasteiger partial charge is 0.465 e. The first kappa shape index (κ1) is 15.8. The summed E-state index contributed by atoms with van der Waals surface area (Å²) >= 11 is 0. The lowest BCUT2D eigenvalue weighted by Crippen LogP contribution is -2.59. The summed E-state index contributed by atoms with van der Waals surface area (Å²) in [7, 11) is 0. The van der Waals surface area contributed by atoms with Crippen LogP contribution in [0.2, 0.25) is 0 Å². The highest BCUT2D eigenvalue weighted by Gasteiger charge is 2.58. The Bertz CT molecular complexity index is 386. The van der Waals surface area contributed by atoms with Gasteiger partial charge in [-0.1, -0.05) is 27.2 Å². The van der Waals surface area contributed by atoms with Crippen LogP contribution in [0.5, 0.6) is 0 Å². The molecule has 4 atom stereocenters. The fourth-order valence-corrected chi connectivity index (χ4v) is 5.20. The molecule has 0 amide bonds. The molecule has 20 heavy (non-hydrogen) atoms. The minimum atomic E-state index is -0.728. The van der Waals surface area contributed by atoms with E-state index >= 15 is 0 Å². The van der Waals surface area contributed by atoms with Gasteiger partial charge >= 0.3 is 5.97 Å². The highest BCUT2D eigenvalue weighted by atomic mass is 16.5. The third kappa shape index (κ3) is 2.61. The van der Waals surface area contributed by atoms with Crippen LogP contribution in [0.1, 0.15) is 66.7 Å². The van der Waals surface area contributed by atoms with Crippen LogP contribution < -0.4 is 0 Å². The SMILES string of the molecule is CC(=O)OC[C@@H]1C2(C)CCCC(C)(C)[C@@H]2CC[C@@]1(C)O. The molecule has 0 bridgehead atoms. The maximum atomic E-state index is 11.2. The Morgan fingerprint density at radius 2 is 1.85 bits per heavy atom. The van der Waals surface area contributed by atoms with Crippen molar-refractivity contribution >= 4 is 5.97 Å². The lowest BCUT2D eigenvalue weighted by atomic mass is 9.46. The number of esters is 1. The zero-order valence-electron chi connectivity index (χ0n) is 13.7. The number of rotatable bonds is 2. The minimum absolute atomic E-state index is 0.0391. The topological polar surface area (TPSA) is 46.5 Å². The second kappa shape index (κ2) is 5.01. The monoisotopic (exact) mass is 282 g/mol. The Morgan fingerprint density at radius 1 is 1.20 bits per heavy atom. The molecular formula is C17H30O3.